The molecule has 0 radical (unpaired) electrons. The lowest BCUT2D eigenvalue weighted by Crippen LogP contribution is -2.56. The van der Waals surface area contributed by atoms with E-state index in [-0.39, 0.29) is 43.3 Å². The molecule has 0 saturated carbocycles. The van der Waals surface area contributed by atoms with Gasteiger partial charge >= 0.3 is 0 Å². The van der Waals surface area contributed by atoms with Gasteiger partial charge in [-0.05, 0) is 36.1 Å². The van der Waals surface area contributed by atoms with Crippen LogP contribution in [0.3, 0.4) is 0 Å². The summed E-state index contributed by atoms with van der Waals surface area (Å²) in [6.07, 6.45) is 1.39. The van der Waals surface area contributed by atoms with Crippen molar-refractivity contribution >= 4 is 17.7 Å². The second-order valence-corrected chi connectivity index (χ2v) is 10.9. The van der Waals surface area contributed by atoms with Gasteiger partial charge in [0.15, 0.2) is 0 Å². The molecule has 3 atom stereocenters. The number of likely N-dealkylation sites (N-methyl/N-ethyl adjacent to an activating group) is 1. The lowest BCUT2D eigenvalue weighted by molar-refractivity contribution is -0.154. The predicted octanol–water partition coefficient (Wildman–Crippen LogP) is 3.33. The number of rotatable bonds is 8. The summed E-state index contributed by atoms with van der Waals surface area (Å²) in [6.45, 7) is 4.84. The second kappa shape index (κ2) is 10.6. The number of likely N-dealkylation sites (tertiary alicyclic amines) is 2. The molecule has 2 aromatic rings. The molecule has 0 bridgehead atoms. The minimum Gasteiger partial charge on any atom is -0.376 e. The van der Waals surface area contributed by atoms with E-state index >= 15 is 0 Å². The number of hydrogen-bond acceptors (Lipinski definition) is 4. The fourth-order valence-corrected chi connectivity index (χ4v) is 5.76. The number of amides is 3. The molecule has 2 aromatic carbocycles. The summed E-state index contributed by atoms with van der Waals surface area (Å²) in [5, 5.41) is 0. The predicted molar refractivity (Wildman–Crippen MR) is 138 cm³/mol. The molecule has 2 saturated heterocycles. The summed E-state index contributed by atoms with van der Waals surface area (Å²) >= 11 is 0. The highest BCUT2D eigenvalue weighted by molar-refractivity contribution is 5.91. The van der Waals surface area contributed by atoms with E-state index in [1.165, 1.54) is 12.1 Å². The molecule has 0 unspecified atom stereocenters. The maximum absolute atomic E-state index is 14.0. The molecule has 0 aliphatic carbocycles. The zero-order chi connectivity index (χ0) is 26.8. The fourth-order valence-electron chi connectivity index (χ4n) is 5.76. The number of carbonyl (C=O) groups excluding carboxylic acids is 3. The summed E-state index contributed by atoms with van der Waals surface area (Å²) in [7, 11) is 1.82. The van der Waals surface area contributed by atoms with E-state index in [2.05, 4.69) is 0 Å². The first kappa shape index (κ1) is 26.8. The average Bonchev–Trinajstić information content (AvgIpc) is 3.12. The van der Waals surface area contributed by atoms with Crippen molar-refractivity contribution in [2.24, 2.45) is 22.5 Å². The van der Waals surface area contributed by atoms with Crippen molar-refractivity contribution in [3.63, 3.8) is 0 Å². The largest absolute Gasteiger partial charge is 0.376 e. The number of hydrogen-bond donors (Lipinski definition) is 1. The molecule has 8 heteroatoms. The second-order valence-electron chi connectivity index (χ2n) is 10.9. The van der Waals surface area contributed by atoms with Crippen LogP contribution in [0.4, 0.5) is 4.39 Å². The van der Waals surface area contributed by atoms with Gasteiger partial charge in [0.2, 0.25) is 17.7 Å². The number of nitrogens with zero attached hydrogens (tertiary/aromatic N) is 2. The molecule has 2 N–H and O–H groups in total. The molecule has 2 heterocycles. The van der Waals surface area contributed by atoms with Gasteiger partial charge in [-0.2, -0.15) is 0 Å². The van der Waals surface area contributed by atoms with Crippen LogP contribution in [0.5, 0.6) is 0 Å². The number of piperidine rings is 1. The van der Waals surface area contributed by atoms with Crippen LogP contribution in [-0.2, 0) is 25.7 Å². The van der Waals surface area contributed by atoms with E-state index in [1.807, 2.05) is 37.4 Å². The summed E-state index contributed by atoms with van der Waals surface area (Å²) in [5.74, 6) is -1.98. The smallest absolute Gasteiger partial charge is 0.231 e. The van der Waals surface area contributed by atoms with Crippen molar-refractivity contribution in [1.29, 1.82) is 0 Å². The van der Waals surface area contributed by atoms with Crippen molar-refractivity contribution in [3.05, 3.63) is 71.5 Å². The Morgan fingerprint density at radius 1 is 1.16 bits per heavy atom. The highest BCUT2D eigenvalue weighted by Crippen LogP contribution is 2.49. The Kier molecular flexibility index (Phi) is 7.69. The van der Waals surface area contributed by atoms with Gasteiger partial charge < -0.3 is 20.3 Å². The summed E-state index contributed by atoms with van der Waals surface area (Å²) in [6, 6.07) is 15.9. The summed E-state index contributed by atoms with van der Waals surface area (Å²) in [4.78, 5) is 43.4. The van der Waals surface area contributed by atoms with Crippen LogP contribution in [-0.4, -0.2) is 60.8 Å². The lowest BCUT2D eigenvalue weighted by Gasteiger charge is -2.44. The van der Waals surface area contributed by atoms with Crippen LogP contribution in [0.15, 0.2) is 54.6 Å². The molecule has 2 fully saturated rings. The van der Waals surface area contributed by atoms with Gasteiger partial charge in [-0.15, -0.1) is 0 Å². The van der Waals surface area contributed by atoms with Crippen molar-refractivity contribution < 1.29 is 23.5 Å². The first-order valence-corrected chi connectivity index (χ1v) is 12.8. The maximum Gasteiger partial charge on any atom is 0.231 e. The van der Waals surface area contributed by atoms with Gasteiger partial charge in [0.1, 0.15) is 5.82 Å². The third-order valence-corrected chi connectivity index (χ3v) is 8.20. The Balaban J connectivity index is 1.56. The highest BCUT2D eigenvalue weighted by Gasteiger charge is 2.56. The van der Waals surface area contributed by atoms with Gasteiger partial charge in [0.05, 0.1) is 30.0 Å². The van der Waals surface area contributed by atoms with Crippen LogP contribution < -0.4 is 5.73 Å². The zero-order valence-electron chi connectivity index (χ0n) is 21.8. The minimum atomic E-state index is -1.17. The Bertz CT molecular complexity index is 1140. The molecule has 1 spiro atoms. The molecular formula is C29H36FN3O4. The topological polar surface area (TPSA) is 92.9 Å². The van der Waals surface area contributed by atoms with E-state index in [9.17, 15) is 18.8 Å². The first-order chi connectivity index (χ1) is 17.6. The van der Waals surface area contributed by atoms with Gasteiger partial charge in [-0.3, -0.25) is 14.4 Å². The van der Waals surface area contributed by atoms with Crippen LogP contribution >= 0.6 is 0 Å². The van der Waals surface area contributed by atoms with Crippen LogP contribution in [0.1, 0.15) is 43.7 Å². The lowest BCUT2D eigenvalue weighted by atomic mass is 9.68. The molecular weight excluding hydrogens is 473 g/mol. The van der Waals surface area contributed by atoms with Crippen molar-refractivity contribution in [3.8, 4) is 0 Å². The molecule has 3 amide bonds. The summed E-state index contributed by atoms with van der Waals surface area (Å²) in [5.41, 5.74) is 5.69. The van der Waals surface area contributed by atoms with Crippen LogP contribution in [0.2, 0.25) is 0 Å². The maximum atomic E-state index is 14.0. The van der Waals surface area contributed by atoms with E-state index in [0.717, 1.165) is 11.1 Å². The monoisotopic (exact) mass is 509 g/mol. The molecule has 2 aliphatic rings. The number of halogens is 1. The van der Waals surface area contributed by atoms with Crippen LogP contribution in [0.25, 0.3) is 0 Å². The van der Waals surface area contributed by atoms with E-state index in [0.29, 0.717) is 25.9 Å². The van der Waals surface area contributed by atoms with Crippen molar-refractivity contribution in [2.75, 3.05) is 33.3 Å². The molecule has 0 aromatic heterocycles. The standard InChI is InChI=1S/C29H36FN3O4/c1-28(2,26(31)35)24(18-37-17-20-10-12-22(30)13-11-20)25(34)33-15-7-14-29(19-33)23(16-32(3)27(29)36)21-8-5-4-6-9-21/h4-6,8-13,23-24H,7,14-19H2,1-3H3,(H2,31,35)/t23-,24+,29-/m0/s1. The van der Waals surface area contributed by atoms with Crippen LogP contribution in [0, 0.1) is 22.6 Å². The van der Waals surface area contributed by atoms with E-state index in [1.54, 1.807) is 35.8 Å². The highest BCUT2D eigenvalue weighted by atomic mass is 19.1. The van der Waals surface area contributed by atoms with E-state index in [4.69, 9.17) is 10.5 Å². The van der Waals surface area contributed by atoms with Crippen molar-refractivity contribution in [1.82, 2.24) is 9.80 Å². The number of ether oxygens (including phenoxy) is 1. The first-order valence-electron chi connectivity index (χ1n) is 12.8. The summed E-state index contributed by atoms with van der Waals surface area (Å²) < 4.78 is 19.1. The number of carbonyl (C=O) groups is 3. The van der Waals surface area contributed by atoms with Crippen molar-refractivity contribution in [2.45, 2.75) is 39.2 Å². The van der Waals surface area contributed by atoms with Gasteiger partial charge in [0, 0.05) is 32.6 Å². The fraction of sp³-hybridized carbons (Fsp3) is 0.483. The quantitative estimate of drug-likeness (QED) is 0.591. The molecule has 2 aliphatic heterocycles. The number of nitrogens with two attached hydrogens (primary N) is 1. The normalized spacial score (nSPS) is 22.9. The molecule has 4 rings (SSSR count). The minimum absolute atomic E-state index is 0.0222. The Labute approximate surface area is 217 Å². The molecule has 37 heavy (non-hydrogen) atoms. The molecule has 7 nitrogen and oxygen atoms in total. The van der Waals surface area contributed by atoms with E-state index < -0.39 is 22.7 Å². The SMILES string of the molecule is CN1C[C@@H](c2ccccc2)[C@@]2(CCCN(C(=O)[C@@H](COCc3ccc(F)cc3)C(C)(C)C(N)=O)C2)C1=O. The van der Waals surface area contributed by atoms with Gasteiger partial charge in [-0.25, -0.2) is 4.39 Å². The Hall–Kier alpha value is -3.26. The Morgan fingerprint density at radius 3 is 2.49 bits per heavy atom. The third-order valence-electron chi connectivity index (χ3n) is 8.20. The van der Waals surface area contributed by atoms with Gasteiger partial charge in [0.25, 0.3) is 0 Å². The zero-order valence-corrected chi connectivity index (χ0v) is 21.8. The number of primary amides is 1. The van der Waals surface area contributed by atoms with Gasteiger partial charge in [-0.1, -0.05) is 56.3 Å². The third kappa shape index (κ3) is 5.25. The number of benzene rings is 2. The Morgan fingerprint density at radius 2 is 1.84 bits per heavy atom. The average molecular weight is 510 g/mol. The molecule has 198 valence electrons.